The third-order valence-corrected chi connectivity index (χ3v) is 9.77. The van der Waals surface area contributed by atoms with Crippen molar-refractivity contribution in [2.45, 2.75) is 5.66 Å². The molecule has 11 nitrogen and oxygen atoms in total. The summed E-state index contributed by atoms with van der Waals surface area (Å²) in [6, 6.07) is 8.20. The Labute approximate surface area is 256 Å². The second-order valence-corrected chi connectivity index (χ2v) is 12.2. The number of imidazole rings is 1. The summed E-state index contributed by atoms with van der Waals surface area (Å²) in [4.78, 5) is 21.9. The molecule has 0 bridgehead atoms. The number of hydrogen-bond acceptors (Lipinski definition) is 12. The zero-order valence-electron chi connectivity index (χ0n) is 23.3. The fourth-order valence-electron chi connectivity index (χ4n) is 6.46. The van der Waals surface area contributed by atoms with E-state index in [-0.39, 0.29) is 0 Å². The minimum absolute atomic E-state index is 0.516. The van der Waals surface area contributed by atoms with Crippen LogP contribution in [0.4, 0.5) is 0 Å². The Balaban J connectivity index is 1.58. The molecule has 0 aliphatic carbocycles. The number of hydrogen-bond donors (Lipinski definition) is 2. The molecular weight excluding hydrogens is 585 g/mol. The van der Waals surface area contributed by atoms with Crippen LogP contribution in [0.2, 0.25) is 0 Å². The van der Waals surface area contributed by atoms with Crippen LogP contribution in [0.5, 0.6) is 0 Å². The molecule has 8 heterocycles. The number of hydrazine groups is 1. The van der Waals surface area contributed by atoms with Crippen molar-refractivity contribution in [1.29, 1.82) is 0 Å². The first-order chi connectivity index (χ1) is 21.4. The number of allylic oxidation sites excluding steroid dienone is 2. The summed E-state index contributed by atoms with van der Waals surface area (Å²) in [5.41, 5.74) is 2.74. The summed E-state index contributed by atoms with van der Waals surface area (Å²) in [6.07, 6.45) is 10.6. The van der Waals surface area contributed by atoms with Gasteiger partial charge in [-0.3, -0.25) is 9.91 Å². The maximum atomic E-state index is 6.31. The summed E-state index contributed by atoms with van der Waals surface area (Å²) in [7, 11) is 0. The third kappa shape index (κ3) is 4.34. The lowest BCUT2D eigenvalue weighted by atomic mass is 9.81. The number of furan rings is 1. The zero-order chi connectivity index (χ0) is 28.6. The first-order valence-corrected chi connectivity index (χ1v) is 16.1. The fourth-order valence-corrected chi connectivity index (χ4v) is 7.97. The number of nitrogens with zero attached hydrogens (tertiary/aromatic N) is 6. The number of piperazine rings is 1. The largest absolute Gasteiger partial charge is 0.463 e. The molecule has 5 aromatic rings. The zero-order valence-corrected chi connectivity index (χ0v) is 24.9. The number of thiazole rings is 1. The lowest BCUT2D eigenvalue weighted by Gasteiger charge is -2.58. The standard InChI is InChI=1S/C30H30N8O3S2/c1-3-21(40-15-1)26-23(22-4-2-19-42-22)24(27-32-9-16-41-27)25(28-33-10-20-43-28)30(29-34-5-6-35-29,36-13-17-39-18-14-36)38(26)37-11-7-31-8-12-37/h1-6,9-10,15-16,19-20,31H,7-8,11-14,17-18H2,(H,34,35). The van der Waals surface area contributed by atoms with E-state index in [9.17, 15) is 0 Å². The Morgan fingerprint density at radius 2 is 1.74 bits per heavy atom. The van der Waals surface area contributed by atoms with Gasteiger partial charge in [-0.15, -0.1) is 22.7 Å². The van der Waals surface area contributed by atoms with Crippen LogP contribution in [0.3, 0.4) is 0 Å². The Kier molecular flexibility index (Phi) is 7.05. The molecule has 43 heavy (non-hydrogen) atoms. The average Bonchev–Trinajstić information content (AvgIpc) is 3.90. The van der Waals surface area contributed by atoms with Crippen molar-refractivity contribution in [2.24, 2.45) is 0 Å². The number of H-pyrrole nitrogens is 1. The number of oxazole rings is 1. The van der Waals surface area contributed by atoms with E-state index in [1.54, 1.807) is 41.4 Å². The van der Waals surface area contributed by atoms with Crippen LogP contribution in [-0.4, -0.2) is 87.3 Å². The summed E-state index contributed by atoms with van der Waals surface area (Å²) in [5.74, 6) is 2.03. The highest BCUT2D eigenvalue weighted by atomic mass is 32.1. The molecule has 220 valence electrons. The first-order valence-electron chi connectivity index (χ1n) is 14.3. The molecule has 0 radical (unpaired) electrons. The highest BCUT2D eigenvalue weighted by Gasteiger charge is 2.59. The molecule has 2 N–H and O–H groups in total. The van der Waals surface area contributed by atoms with Crippen LogP contribution in [0, 0.1) is 0 Å². The Hall–Kier alpha value is -3.85. The highest BCUT2D eigenvalue weighted by molar-refractivity contribution is 7.11. The first kappa shape index (κ1) is 26.8. The van der Waals surface area contributed by atoms with E-state index in [1.807, 2.05) is 36.1 Å². The summed E-state index contributed by atoms with van der Waals surface area (Å²) >= 11 is 3.28. The maximum absolute atomic E-state index is 6.31. The van der Waals surface area contributed by atoms with Gasteiger partial charge in [0.1, 0.15) is 17.0 Å². The number of rotatable bonds is 7. The van der Waals surface area contributed by atoms with Crippen molar-refractivity contribution in [3.63, 3.8) is 0 Å². The Morgan fingerprint density at radius 1 is 0.837 bits per heavy atom. The van der Waals surface area contributed by atoms with Gasteiger partial charge in [-0.1, -0.05) is 6.07 Å². The van der Waals surface area contributed by atoms with Crippen molar-refractivity contribution >= 4 is 45.1 Å². The summed E-state index contributed by atoms with van der Waals surface area (Å²) in [5, 5.41) is 13.4. The van der Waals surface area contributed by atoms with Crippen molar-refractivity contribution in [1.82, 2.24) is 40.2 Å². The van der Waals surface area contributed by atoms with Crippen molar-refractivity contribution < 1.29 is 13.6 Å². The molecule has 3 aliphatic rings. The monoisotopic (exact) mass is 614 g/mol. The van der Waals surface area contributed by atoms with Gasteiger partial charge in [0.15, 0.2) is 17.2 Å². The van der Waals surface area contributed by atoms with E-state index in [2.05, 4.69) is 42.7 Å². The molecule has 5 aromatic heterocycles. The van der Waals surface area contributed by atoms with E-state index in [0.717, 1.165) is 70.1 Å². The van der Waals surface area contributed by atoms with Gasteiger partial charge >= 0.3 is 0 Å². The number of thiophene rings is 1. The summed E-state index contributed by atoms with van der Waals surface area (Å²) in [6.45, 7) is 5.80. The SMILES string of the molecule is c1coc(C2=C(c3cccs3)C(c3ncco3)=C(c3nccs3)C(c3ncc[nH]3)(N3CCOCC3)N2N2CCNCC2)c1. The maximum Gasteiger partial charge on any atom is 0.227 e. The lowest BCUT2D eigenvalue weighted by molar-refractivity contribution is -0.141. The molecule has 13 heteroatoms. The molecule has 0 amide bonds. The van der Waals surface area contributed by atoms with Gasteiger partial charge in [-0.2, -0.15) is 0 Å². The van der Waals surface area contributed by atoms with Gasteiger partial charge in [0.2, 0.25) is 5.89 Å². The second-order valence-electron chi connectivity index (χ2n) is 10.3. The van der Waals surface area contributed by atoms with Crippen molar-refractivity contribution in [3.05, 3.63) is 99.7 Å². The van der Waals surface area contributed by atoms with Gasteiger partial charge in [0.25, 0.3) is 0 Å². The number of aromatic nitrogens is 4. The minimum atomic E-state index is -0.977. The van der Waals surface area contributed by atoms with E-state index < -0.39 is 5.66 Å². The van der Waals surface area contributed by atoms with Crippen LogP contribution in [0.25, 0.3) is 22.4 Å². The van der Waals surface area contributed by atoms with Crippen molar-refractivity contribution in [2.75, 3.05) is 52.5 Å². The molecule has 2 fully saturated rings. The Bertz CT molecular complexity index is 1680. The van der Waals surface area contributed by atoms with Crippen LogP contribution < -0.4 is 5.32 Å². The average molecular weight is 615 g/mol. The molecule has 0 aromatic carbocycles. The minimum Gasteiger partial charge on any atom is -0.463 e. The summed E-state index contributed by atoms with van der Waals surface area (Å²) < 4.78 is 18.5. The second kappa shape index (κ2) is 11.3. The van der Waals surface area contributed by atoms with Crippen LogP contribution in [0.15, 0.2) is 81.2 Å². The number of aromatic amines is 1. The van der Waals surface area contributed by atoms with Crippen LogP contribution in [0.1, 0.15) is 27.4 Å². The Morgan fingerprint density at radius 3 is 2.42 bits per heavy atom. The molecular formula is C30H30N8O3S2. The van der Waals surface area contributed by atoms with E-state index in [0.29, 0.717) is 32.2 Å². The lowest BCUT2D eigenvalue weighted by Crippen LogP contribution is -2.68. The molecule has 2 saturated heterocycles. The van der Waals surface area contributed by atoms with Crippen LogP contribution in [-0.2, 0) is 10.4 Å². The van der Waals surface area contributed by atoms with Gasteiger partial charge < -0.3 is 23.9 Å². The van der Waals surface area contributed by atoms with E-state index in [4.69, 9.17) is 28.5 Å². The molecule has 8 rings (SSSR count). The number of morpholine rings is 1. The predicted octanol–water partition coefficient (Wildman–Crippen LogP) is 4.31. The topological polar surface area (TPSA) is 112 Å². The van der Waals surface area contributed by atoms with Gasteiger partial charge in [-0.25, -0.2) is 20.0 Å². The van der Waals surface area contributed by atoms with Crippen LogP contribution >= 0.6 is 22.7 Å². The quantitative estimate of drug-likeness (QED) is 0.275. The highest BCUT2D eigenvalue weighted by Crippen LogP contribution is 2.59. The molecule has 1 atom stereocenters. The van der Waals surface area contributed by atoms with Gasteiger partial charge in [0.05, 0.1) is 36.8 Å². The smallest absolute Gasteiger partial charge is 0.227 e. The molecule has 1 unspecified atom stereocenters. The molecule has 0 spiro atoms. The predicted molar refractivity (Wildman–Crippen MR) is 164 cm³/mol. The van der Waals surface area contributed by atoms with Gasteiger partial charge in [-0.05, 0) is 23.6 Å². The van der Waals surface area contributed by atoms with E-state index in [1.165, 1.54) is 0 Å². The number of nitrogens with one attached hydrogen (secondary N) is 2. The molecule has 0 saturated carbocycles. The van der Waals surface area contributed by atoms with Crippen molar-refractivity contribution in [3.8, 4) is 0 Å². The normalized spacial score (nSPS) is 22.6. The van der Waals surface area contributed by atoms with E-state index >= 15 is 0 Å². The fraction of sp³-hybridized carbons (Fsp3) is 0.300. The molecule has 3 aliphatic heterocycles. The van der Waals surface area contributed by atoms with Gasteiger partial charge in [0, 0.05) is 73.7 Å². The number of ether oxygens (including phenoxy) is 1. The third-order valence-electron chi connectivity index (χ3n) is 8.09.